The number of hydrogen-bond acceptors (Lipinski definition) is 4. The fraction of sp³-hybridized carbons (Fsp3) is 0.538. The molecular formula is C13H18N4O3S. The molecule has 1 aromatic rings. The zero-order valence-electron chi connectivity index (χ0n) is 11.8. The lowest BCUT2D eigenvalue weighted by atomic mass is 10.2. The van der Waals surface area contributed by atoms with Gasteiger partial charge in [-0.05, 0) is 12.1 Å². The van der Waals surface area contributed by atoms with Crippen molar-refractivity contribution in [1.82, 2.24) is 19.1 Å². The summed E-state index contributed by atoms with van der Waals surface area (Å²) in [5, 5.41) is 0. The molecule has 2 aliphatic rings. The van der Waals surface area contributed by atoms with Gasteiger partial charge in [-0.15, -0.1) is 0 Å². The zero-order chi connectivity index (χ0) is 15.0. The van der Waals surface area contributed by atoms with Crippen LogP contribution in [-0.4, -0.2) is 72.0 Å². The van der Waals surface area contributed by atoms with Crippen LogP contribution in [0.15, 0.2) is 24.4 Å². The summed E-state index contributed by atoms with van der Waals surface area (Å²) in [6.45, 7) is 2.21. The maximum atomic E-state index is 12.4. The number of pyridine rings is 1. The van der Waals surface area contributed by atoms with E-state index in [1.165, 1.54) is 10.6 Å². The number of fused-ring (bicyclic) bond motifs is 1. The summed E-state index contributed by atoms with van der Waals surface area (Å²) < 4.78 is 24.7. The first-order valence-electron chi connectivity index (χ1n) is 6.86. The van der Waals surface area contributed by atoms with Crippen LogP contribution in [0.1, 0.15) is 5.69 Å². The first-order valence-corrected chi connectivity index (χ1v) is 8.70. The summed E-state index contributed by atoms with van der Waals surface area (Å²) in [6, 6.07) is 5.51. The van der Waals surface area contributed by atoms with Gasteiger partial charge in [0.05, 0.1) is 24.5 Å². The lowest BCUT2D eigenvalue weighted by Crippen LogP contribution is -2.53. The maximum absolute atomic E-state index is 12.4. The lowest BCUT2D eigenvalue weighted by molar-refractivity contribution is 0.159. The van der Waals surface area contributed by atoms with Crippen molar-refractivity contribution in [1.29, 1.82) is 0 Å². The van der Waals surface area contributed by atoms with E-state index in [4.69, 9.17) is 0 Å². The Labute approximate surface area is 124 Å². The Morgan fingerprint density at radius 2 is 2.10 bits per heavy atom. The molecule has 2 aliphatic heterocycles. The Morgan fingerprint density at radius 1 is 1.29 bits per heavy atom. The standard InChI is InChI=1S/C13H18N4O3S/c1-21(19,20)16-6-7-17-12(10-16)9-15(13(17)18)8-11-4-2-3-5-14-11/h2-5,12H,6-10H2,1H3. The van der Waals surface area contributed by atoms with Crippen LogP contribution < -0.4 is 0 Å². The summed E-state index contributed by atoms with van der Waals surface area (Å²) in [5.74, 6) is 0. The van der Waals surface area contributed by atoms with Crippen LogP contribution in [0.25, 0.3) is 0 Å². The first-order chi connectivity index (χ1) is 9.95. The monoisotopic (exact) mass is 310 g/mol. The van der Waals surface area contributed by atoms with Gasteiger partial charge in [-0.3, -0.25) is 4.98 Å². The number of urea groups is 1. The summed E-state index contributed by atoms with van der Waals surface area (Å²) in [4.78, 5) is 20.1. The molecule has 0 aromatic carbocycles. The van der Waals surface area contributed by atoms with Crippen LogP contribution in [0.3, 0.4) is 0 Å². The van der Waals surface area contributed by atoms with Gasteiger partial charge in [0, 0.05) is 32.4 Å². The Morgan fingerprint density at radius 3 is 2.76 bits per heavy atom. The van der Waals surface area contributed by atoms with Crippen molar-refractivity contribution in [3.05, 3.63) is 30.1 Å². The predicted molar refractivity (Wildman–Crippen MR) is 77.0 cm³/mol. The van der Waals surface area contributed by atoms with Gasteiger partial charge in [-0.2, -0.15) is 4.31 Å². The number of rotatable bonds is 3. The Balaban J connectivity index is 1.70. The second kappa shape index (κ2) is 5.27. The molecule has 3 rings (SSSR count). The summed E-state index contributed by atoms with van der Waals surface area (Å²) in [5.41, 5.74) is 0.839. The number of aromatic nitrogens is 1. The zero-order valence-corrected chi connectivity index (χ0v) is 12.7. The predicted octanol–water partition coefficient (Wildman–Crippen LogP) is -0.0370. The van der Waals surface area contributed by atoms with Crippen molar-refractivity contribution < 1.29 is 13.2 Å². The number of sulfonamides is 1. The van der Waals surface area contributed by atoms with E-state index in [-0.39, 0.29) is 12.1 Å². The van der Waals surface area contributed by atoms with Crippen molar-refractivity contribution in [2.45, 2.75) is 12.6 Å². The van der Waals surface area contributed by atoms with E-state index in [1.807, 2.05) is 18.2 Å². The number of hydrogen-bond donors (Lipinski definition) is 0. The van der Waals surface area contributed by atoms with Crippen molar-refractivity contribution >= 4 is 16.1 Å². The van der Waals surface area contributed by atoms with Gasteiger partial charge in [0.15, 0.2) is 0 Å². The van der Waals surface area contributed by atoms with Crippen LogP contribution >= 0.6 is 0 Å². The summed E-state index contributed by atoms with van der Waals surface area (Å²) in [7, 11) is -3.19. The lowest BCUT2D eigenvalue weighted by Gasteiger charge is -2.34. The molecule has 0 saturated carbocycles. The number of nitrogens with zero attached hydrogens (tertiary/aromatic N) is 4. The molecule has 1 aromatic heterocycles. The quantitative estimate of drug-likeness (QED) is 0.785. The van der Waals surface area contributed by atoms with E-state index in [1.54, 1.807) is 16.0 Å². The summed E-state index contributed by atoms with van der Waals surface area (Å²) >= 11 is 0. The molecule has 3 heterocycles. The van der Waals surface area contributed by atoms with Gasteiger partial charge in [-0.1, -0.05) is 6.07 Å². The highest BCUT2D eigenvalue weighted by Crippen LogP contribution is 2.23. The molecule has 0 bridgehead atoms. The van der Waals surface area contributed by atoms with E-state index in [0.717, 1.165) is 5.69 Å². The van der Waals surface area contributed by atoms with Gasteiger partial charge in [0.1, 0.15) is 0 Å². The molecule has 114 valence electrons. The van der Waals surface area contributed by atoms with Crippen molar-refractivity contribution in [2.75, 3.05) is 32.4 Å². The van der Waals surface area contributed by atoms with Crippen LogP contribution in [0.5, 0.6) is 0 Å². The largest absolute Gasteiger partial charge is 0.320 e. The van der Waals surface area contributed by atoms with Gasteiger partial charge in [0.25, 0.3) is 0 Å². The molecule has 0 radical (unpaired) electrons. The first kappa shape index (κ1) is 14.3. The number of carbonyl (C=O) groups is 1. The molecule has 0 aliphatic carbocycles. The minimum Gasteiger partial charge on any atom is -0.317 e. The Kier molecular flexibility index (Phi) is 3.58. The molecule has 2 fully saturated rings. The minimum atomic E-state index is -3.19. The SMILES string of the molecule is CS(=O)(=O)N1CCN2C(=O)N(Cc3ccccn3)CC2C1. The summed E-state index contributed by atoms with van der Waals surface area (Å²) in [6.07, 6.45) is 2.92. The van der Waals surface area contributed by atoms with E-state index < -0.39 is 10.0 Å². The number of amides is 2. The van der Waals surface area contributed by atoms with Gasteiger partial charge in [-0.25, -0.2) is 13.2 Å². The number of piperazine rings is 1. The molecule has 2 amide bonds. The van der Waals surface area contributed by atoms with Crippen molar-refractivity contribution in [3.63, 3.8) is 0 Å². The average Bonchev–Trinajstić information content (AvgIpc) is 2.75. The second-order valence-electron chi connectivity index (χ2n) is 5.45. The molecule has 2 saturated heterocycles. The average molecular weight is 310 g/mol. The molecule has 0 spiro atoms. The third-order valence-corrected chi connectivity index (χ3v) is 5.21. The molecule has 8 heteroatoms. The minimum absolute atomic E-state index is 0.0289. The fourth-order valence-electron chi connectivity index (χ4n) is 2.87. The Hall–Kier alpha value is -1.67. The highest BCUT2D eigenvalue weighted by molar-refractivity contribution is 7.88. The van der Waals surface area contributed by atoms with Crippen LogP contribution in [0.2, 0.25) is 0 Å². The van der Waals surface area contributed by atoms with Crippen molar-refractivity contribution in [3.8, 4) is 0 Å². The topological polar surface area (TPSA) is 73.8 Å². The van der Waals surface area contributed by atoms with E-state index in [9.17, 15) is 13.2 Å². The van der Waals surface area contributed by atoms with Gasteiger partial charge < -0.3 is 9.80 Å². The third-order valence-electron chi connectivity index (χ3n) is 3.94. The fourth-order valence-corrected chi connectivity index (χ4v) is 3.73. The van der Waals surface area contributed by atoms with Gasteiger partial charge >= 0.3 is 6.03 Å². The maximum Gasteiger partial charge on any atom is 0.320 e. The molecule has 1 unspecified atom stereocenters. The highest BCUT2D eigenvalue weighted by Gasteiger charge is 2.42. The molecular weight excluding hydrogens is 292 g/mol. The smallest absolute Gasteiger partial charge is 0.317 e. The van der Waals surface area contributed by atoms with E-state index in [2.05, 4.69) is 4.98 Å². The Bertz CT molecular complexity index is 634. The number of carbonyl (C=O) groups excluding carboxylic acids is 1. The van der Waals surface area contributed by atoms with E-state index in [0.29, 0.717) is 32.7 Å². The molecule has 0 N–H and O–H groups in total. The highest BCUT2D eigenvalue weighted by atomic mass is 32.2. The van der Waals surface area contributed by atoms with Crippen LogP contribution in [-0.2, 0) is 16.6 Å². The molecule has 21 heavy (non-hydrogen) atoms. The van der Waals surface area contributed by atoms with Crippen LogP contribution in [0.4, 0.5) is 4.79 Å². The van der Waals surface area contributed by atoms with E-state index >= 15 is 0 Å². The second-order valence-corrected chi connectivity index (χ2v) is 7.43. The molecule has 7 nitrogen and oxygen atoms in total. The normalized spacial score (nSPS) is 23.5. The van der Waals surface area contributed by atoms with Crippen LogP contribution in [0, 0.1) is 0 Å². The molecule has 1 atom stereocenters. The third kappa shape index (κ3) is 2.86. The van der Waals surface area contributed by atoms with Gasteiger partial charge in [0.2, 0.25) is 10.0 Å². The van der Waals surface area contributed by atoms with Crippen molar-refractivity contribution in [2.24, 2.45) is 0 Å².